The molecule has 1 fully saturated rings. The molecule has 2 N–H and O–H groups in total. The van der Waals surface area contributed by atoms with Gasteiger partial charge in [-0.3, -0.25) is 19.4 Å². The van der Waals surface area contributed by atoms with E-state index in [1.807, 2.05) is 6.07 Å². The van der Waals surface area contributed by atoms with Gasteiger partial charge in [-0.05, 0) is 42.7 Å². The van der Waals surface area contributed by atoms with Crippen molar-refractivity contribution < 1.29 is 23.9 Å². The van der Waals surface area contributed by atoms with Crippen LogP contribution in [-0.4, -0.2) is 67.0 Å². The van der Waals surface area contributed by atoms with Crippen molar-refractivity contribution in [1.29, 1.82) is 0 Å². The van der Waals surface area contributed by atoms with Crippen molar-refractivity contribution in [2.24, 2.45) is 0 Å². The summed E-state index contributed by atoms with van der Waals surface area (Å²) in [6.07, 6.45) is 4.78. The lowest BCUT2D eigenvalue weighted by Crippen LogP contribution is -2.53. The van der Waals surface area contributed by atoms with E-state index in [1.54, 1.807) is 55.8 Å². The maximum absolute atomic E-state index is 13.0. The summed E-state index contributed by atoms with van der Waals surface area (Å²) in [6, 6.07) is 8.09. The van der Waals surface area contributed by atoms with Gasteiger partial charge in [-0.2, -0.15) is 0 Å². The van der Waals surface area contributed by atoms with Gasteiger partial charge in [-0.1, -0.05) is 6.07 Å². The molecule has 0 bridgehead atoms. The van der Waals surface area contributed by atoms with Crippen LogP contribution in [0.15, 0.2) is 42.7 Å². The topological polar surface area (TPSA) is 110 Å². The number of hydrogen-bond donors (Lipinski definition) is 2. The molecule has 176 valence electrons. The van der Waals surface area contributed by atoms with Gasteiger partial charge in [-0.15, -0.1) is 0 Å². The lowest BCUT2D eigenvalue weighted by molar-refractivity contribution is -0.128. The van der Waals surface area contributed by atoms with Crippen LogP contribution in [0.25, 0.3) is 0 Å². The molecule has 0 radical (unpaired) electrons. The van der Waals surface area contributed by atoms with Crippen LogP contribution in [0.1, 0.15) is 35.7 Å². The Kier molecular flexibility index (Phi) is 8.23. The number of aromatic nitrogens is 1. The minimum atomic E-state index is -0.726. The molecule has 1 aromatic carbocycles. The molecule has 0 saturated carbocycles. The Balaban J connectivity index is 1.59. The fourth-order valence-electron chi connectivity index (χ4n) is 3.90. The Labute approximate surface area is 193 Å². The molecular formula is C24H30N4O5. The van der Waals surface area contributed by atoms with Crippen LogP contribution in [0.5, 0.6) is 11.5 Å². The van der Waals surface area contributed by atoms with E-state index in [0.717, 1.165) is 5.56 Å². The highest BCUT2D eigenvalue weighted by Crippen LogP contribution is 2.28. The van der Waals surface area contributed by atoms with Crippen LogP contribution < -0.4 is 20.1 Å². The Morgan fingerprint density at radius 3 is 2.45 bits per heavy atom. The number of nitrogens with zero attached hydrogens (tertiary/aromatic N) is 2. The number of amides is 3. The second-order valence-electron chi connectivity index (χ2n) is 7.96. The zero-order chi connectivity index (χ0) is 23.8. The molecule has 1 unspecified atom stereocenters. The number of ether oxygens (including phenoxy) is 2. The van der Waals surface area contributed by atoms with Gasteiger partial charge in [-0.25, -0.2) is 0 Å². The van der Waals surface area contributed by atoms with Crippen LogP contribution in [-0.2, 0) is 16.0 Å². The van der Waals surface area contributed by atoms with Crippen molar-refractivity contribution in [1.82, 2.24) is 20.5 Å². The first-order valence-corrected chi connectivity index (χ1v) is 10.9. The Hall–Kier alpha value is -3.62. The van der Waals surface area contributed by atoms with Crippen LogP contribution >= 0.6 is 0 Å². The van der Waals surface area contributed by atoms with E-state index >= 15 is 0 Å². The SMILES string of the molecule is COc1ccc(CC(NC(C)=O)C(=O)NC2CCN(C(=O)c3cccnc3)CC2)cc1OC. The van der Waals surface area contributed by atoms with Gasteiger partial charge in [0.2, 0.25) is 11.8 Å². The third-order valence-electron chi connectivity index (χ3n) is 5.62. The van der Waals surface area contributed by atoms with Crippen LogP contribution in [0.4, 0.5) is 0 Å². The van der Waals surface area contributed by atoms with Gasteiger partial charge >= 0.3 is 0 Å². The second-order valence-corrected chi connectivity index (χ2v) is 7.96. The smallest absolute Gasteiger partial charge is 0.255 e. The van der Waals surface area contributed by atoms with Crippen LogP contribution in [0.3, 0.4) is 0 Å². The summed E-state index contributed by atoms with van der Waals surface area (Å²) >= 11 is 0. The highest BCUT2D eigenvalue weighted by atomic mass is 16.5. The number of likely N-dealkylation sites (tertiary alicyclic amines) is 1. The molecule has 0 spiro atoms. The van der Waals surface area contributed by atoms with Gasteiger partial charge in [0, 0.05) is 44.9 Å². The normalized spacial score (nSPS) is 14.8. The summed E-state index contributed by atoms with van der Waals surface area (Å²) < 4.78 is 10.6. The van der Waals surface area contributed by atoms with Crippen molar-refractivity contribution in [2.75, 3.05) is 27.3 Å². The van der Waals surface area contributed by atoms with Crippen molar-refractivity contribution in [3.63, 3.8) is 0 Å². The molecule has 1 aliphatic rings. The fourth-order valence-corrected chi connectivity index (χ4v) is 3.90. The molecule has 2 aromatic rings. The van der Waals surface area contributed by atoms with Crippen LogP contribution in [0.2, 0.25) is 0 Å². The van der Waals surface area contributed by atoms with Crippen molar-refractivity contribution in [3.8, 4) is 11.5 Å². The average Bonchev–Trinajstić information content (AvgIpc) is 2.83. The number of methoxy groups -OCH3 is 2. The molecule has 1 atom stereocenters. The zero-order valence-corrected chi connectivity index (χ0v) is 19.2. The minimum Gasteiger partial charge on any atom is -0.493 e. The van der Waals surface area contributed by atoms with Gasteiger partial charge < -0.3 is 25.0 Å². The lowest BCUT2D eigenvalue weighted by Gasteiger charge is -2.33. The summed E-state index contributed by atoms with van der Waals surface area (Å²) in [5.74, 6) is 0.555. The Morgan fingerprint density at radius 1 is 1.12 bits per heavy atom. The first-order valence-electron chi connectivity index (χ1n) is 10.9. The number of carbonyl (C=O) groups excluding carboxylic acids is 3. The maximum atomic E-state index is 13.0. The molecule has 1 aromatic heterocycles. The number of pyridine rings is 1. The van der Waals surface area contributed by atoms with Crippen molar-refractivity contribution >= 4 is 17.7 Å². The number of hydrogen-bond acceptors (Lipinski definition) is 6. The molecule has 1 aliphatic heterocycles. The zero-order valence-electron chi connectivity index (χ0n) is 19.2. The molecule has 33 heavy (non-hydrogen) atoms. The Bertz CT molecular complexity index is 974. The van der Waals surface area contributed by atoms with E-state index in [2.05, 4.69) is 15.6 Å². The van der Waals surface area contributed by atoms with Gasteiger partial charge in [0.15, 0.2) is 11.5 Å². The Morgan fingerprint density at radius 2 is 1.85 bits per heavy atom. The average molecular weight is 455 g/mol. The largest absolute Gasteiger partial charge is 0.493 e. The summed E-state index contributed by atoms with van der Waals surface area (Å²) in [7, 11) is 3.10. The molecule has 9 heteroatoms. The number of carbonyl (C=O) groups is 3. The summed E-state index contributed by atoms with van der Waals surface area (Å²) in [5.41, 5.74) is 1.39. The number of benzene rings is 1. The predicted molar refractivity (Wildman–Crippen MR) is 122 cm³/mol. The van der Waals surface area contributed by atoms with E-state index in [9.17, 15) is 14.4 Å². The molecule has 9 nitrogen and oxygen atoms in total. The third-order valence-corrected chi connectivity index (χ3v) is 5.62. The maximum Gasteiger partial charge on any atom is 0.255 e. The summed E-state index contributed by atoms with van der Waals surface area (Å²) in [4.78, 5) is 43.1. The molecule has 1 saturated heterocycles. The predicted octanol–water partition coefficient (Wildman–Crippen LogP) is 1.57. The highest BCUT2D eigenvalue weighted by molar-refractivity contribution is 5.94. The van der Waals surface area contributed by atoms with E-state index < -0.39 is 6.04 Å². The van der Waals surface area contributed by atoms with E-state index in [1.165, 1.54) is 6.92 Å². The minimum absolute atomic E-state index is 0.0579. The van der Waals surface area contributed by atoms with Gasteiger partial charge in [0.25, 0.3) is 5.91 Å². The molecule has 2 heterocycles. The quantitative estimate of drug-likeness (QED) is 0.627. The summed E-state index contributed by atoms with van der Waals surface area (Å²) in [6.45, 7) is 2.47. The van der Waals surface area contributed by atoms with Crippen molar-refractivity contribution in [2.45, 2.75) is 38.3 Å². The lowest BCUT2D eigenvalue weighted by atomic mass is 10.0. The van der Waals surface area contributed by atoms with E-state index in [-0.39, 0.29) is 23.8 Å². The van der Waals surface area contributed by atoms with E-state index in [4.69, 9.17) is 9.47 Å². The number of piperidine rings is 1. The monoisotopic (exact) mass is 454 g/mol. The first-order chi connectivity index (χ1) is 15.9. The molecule has 0 aliphatic carbocycles. The number of rotatable bonds is 8. The summed E-state index contributed by atoms with van der Waals surface area (Å²) in [5, 5.41) is 5.77. The first kappa shape index (κ1) is 24.0. The highest BCUT2D eigenvalue weighted by Gasteiger charge is 2.28. The molecule has 3 rings (SSSR count). The van der Waals surface area contributed by atoms with Gasteiger partial charge in [0.1, 0.15) is 6.04 Å². The second kappa shape index (κ2) is 11.3. The van der Waals surface area contributed by atoms with E-state index in [0.29, 0.717) is 49.4 Å². The number of nitrogens with one attached hydrogen (secondary N) is 2. The van der Waals surface area contributed by atoms with Crippen molar-refractivity contribution in [3.05, 3.63) is 53.9 Å². The third kappa shape index (κ3) is 6.44. The molecule has 3 amide bonds. The fraction of sp³-hybridized carbons (Fsp3) is 0.417. The van der Waals surface area contributed by atoms with Gasteiger partial charge in [0.05, 0.1) is 19.8 Å². The molecular weight excluding hydrogens is 424 g/mol. The standard InChI is InChI=1S/C24H30N4O5/c1-16(29)26-20(13-17-6-7-21(32-2)22(14-17)33-3)23(30)27-19-8-11-28(12-9-19)24(31)18-5-4-10-25-15-18/h4-7,10,14-15,19-20H,8-9,11-13H2,1-3H3,(H,26,29)(H,27,30). The van der Waals surface area contributed by atoms with Crippen LogP contribution in [0, 0.1) is 0 Å².